The Kier molecular flexibility index (Phi) is 4.14. The summed E-state index contributed by atoms with van der Waals surface area (Å²) in [7, 11) is 0. The van der Waals surface area contributed by atoms with E-state index in [0.29, 0.717) is 17.6 Å². The van der Waals surface area contributed by atoms with Gasteiger partial charge in [0.2, 0.25) is 0 Å². The Morgan fingerprint density at radius 2 is 2.43 bits per heavy atom. The number of hydrogen-bond donors (Lipinski definition) is 1. The lowest BCUT2D eigenvalue weighted by Crippen LogP contribution is -2.05. The fourth-order valence-electron chi connectivity index (χ4n) is 1.50. The number of hydrogen-bond acceptors (Lipinski definition) is 2. The predicted molar refractivity (Wildman–Crippen MR) is 53.8 cm³/mol. The monoisotopic (exact) mass is 197 g/mol. The summed E-state index contributed by atoms with van der Waals surface area (Å²) in [6.45, 7) is 6.25. The van der Waals surface area contributed by atoms with Crippen molar-refractivity contribution in [3.63, 3.8) is 0 Å². The van der Waals surface area contributed by atoms with Crippen LogP contribution in [0.3, 0.4) is 0 Å². The van der Waals surface area contributed by atoms with Gasteiger partial charge in [0, 0.05) is 5.57 Å². The Bertz CT molecular complexity index is 229. The molecule has 0 amide bonds. The Morgan fingerprint density at radius 1 is 1.79 bits per heavy atom. The fraction of sp³-hybridized carbons (Fsp3) is 0.636. The van der Waals surface area contributed by atoms with Gasteiger partial charge >= 0.3 is 5.97 Å². The van der Waals surface area contributed by atoms with Gasteiger partial charge in [-0.3, -0.25) is 0 Å². The number of ether oxygens (including phenoxy) is 1. The van der Waals surface area contributed by atoms with Crippen LogP contribution in [-0.2, 0) is 9.53 Å². The van der Waals surface area contributed by atoms with Crippen molar-refractivity contribution in [3.05, 3.63) is 18.6 Å². The maximum atomic E-state index is 10.6. The molecule has 3 nitrogen and oxygen atoms in total. The van der Waals surface area contributed by atoms with Crippen molar-refractivity contribution in [2.24, 2.45) is 5.92 Å². The van der Waals surface area contributed by atoms with E-state index in [1.54, 1.807) is 6.92 Å². The first-order chi connectivity index (χ1) is 6.63. The van der Waals surface area contributed by atoms with Crippen LogP contribution in [-0.4, -0.2) is 23.8 Å². The second-order valence-electron chi connectivity index (χ2n) is 3.75. The number of allylic oxidation sites excluding steroid dienone is 1. The van der Waals surface area contributed by atoms with Crippen molar-refractivity contribution in [2.45, 2.75) is 32.3 Å². The summed E-state index contributed by atoms with van der Waals surface area (Å²) in [5.74, 6) is -0.535. The van der Waals surface area contributed by atoms with Crippen molar-refractivity contribution in [1.29, 1.82) is 0 Å². The minimum Gasteiger partial charge on any atom is -0.478 e. The number of carboxylic acids is 1. The molecule has 0 aromatic heterocycles. The highest BCUT2D eigenvalue weighted by molar-refractivity contribution is 5.85. The van der Waals surface area contributed by atoms with E-state index in [2.05, 4.69) is 6.92 Å². The summed E-state index contributed by atoms with van der Waals surface area (Å²) in [5.41, 5.74) is 0.420. The lowest BCUT2D eigenvalue weighted by Gasteiger charge is -2.10. The molecule has 1 fully saturated rings. The van der Waals surface area contributed by atoms with E-state index in [-0.39, 0.29) is 0 Å². The van der Waals surface area contributed by atoms with Crippen LogP contribution >= 0.6 is 0 Å². The highest BCUT2D eigenvalue weighted by atomic mass is 16.6. The molecule has 2 atom stereocenters. The summed E-state index contributed by atoms with van der Waals surface area (Å²) in [5, 5.41) is 8.73. The van der Waals surface area contributed by atoms with Gasteiger partial charge in [-0.15, -0.1) is 0 Å². The van der Waals surface area contributed by atoms with Crippen LogP contribution < -0.4 is 0 Å². The van der Waals surface area contributed by atoms with Gasteiger partial charge in [-0.25, -0.2) is 4.79 Å². The van der Waals surface area contributed by atoms with Crippen LogP contribution in [0, 0.1) is 12.8 Å². The maximum Gasteiger partial charge on any atom is 0.330 e. The molecule has 1 saturated heterocycles. The fourth-order valence-corrected chi connectivity index (χ4v) is 1.50. The first-order valence-electron chi connectivity index (χ1n) is 4.96. The Morgan fingerprint density at radius 3 is 2.86 bits per heavy atom. The zero-order valence-electron chi connectivity index (χ0n) is 8.53. The molecule has 79 valence electrons. The molecular formula is C11H17O3. The summed E-state index contributed by atoms with van der Waals surface area (Å²) in [6.07, 6.45) is 4.88. The molecular weight excluding hydrogens is 180 g/mol. The number of carbonyl (C=O) groups is 1. The van der Waals surface area contributed by atoms with Gasteiger partial charge in [0.1, 0.15) is 0 Å². The molecule has 0 bridgehead atoms. The molecule has 1 N–H and O–H groups in total. The molecule has 1 aliphatic heterocycles. The van der Waals surface area contributed by atoms with Crippen LogP contribution in [0.2, 0.25) is 0 Å². The number of aliphatic carboxylic acids is 1. The summed E-state index contributed by atoms with van der Waals surface area (Å²) in [6, 6.07) is 0. The van der Waals surface area contributed by atoms with E-state index in [4.69, 9.17) is 9.84 Å². The van der Waals surface area contributed by atoms with Crippen molar-refractivity contribution >= 4 is 5.97 Å². The van der Waals surface area contributed by atoms with Crippen LogP contribution in [0.15, 0.2) is 11.6 Å². The molecule has 1 radical (unpaired) electrons. The molecule has 0 aromatic rings. The highest BCUT2D eigenvalue weighted by Gasteiger charge is 2.25. The zero-order chi connectivity index (χ0) is 10.6. The molecule has 14 heavy (non-hydrogen) atoms. The van der Waals surface area contributed by atoms with Gasteiger partial charge in [0.25, 0.3) is 0 Å². The molecule has 0 spiro atoms. The van der Waals surface area contributed by atoms with Gasteiger partial charge in [-0.1, -0.05) is 19.4 Å². The lowest BCUT2D eigenvalue weighted by atomic mass is 9.96. The third kappa shape index (κ3) is 3.92. The quantitative estimate of drug-likeness (QED) is 0.523. The normalized spacial score (nSPS) is 23.3. The van der Waals surface area contributed by atoms with E-state index in [1.165, 1.54) is 0 Å². The zero-order valence-corrected chi connectivity index (χ0v) is 8.53. The van der Waals surface area contributed by atoms with E-state index in [0.717, 1.165) is 25.9 Å². The van der Waals surface area contributed by atoms with Crippen molar-refractivity contribution in [3.8, 4) is 0 Å². The Hall–Kier alpha value is -0.830. The molecule has 1 aliphatic rings. The molecule has 1 rings (SSSR count). The average molecular weight is 197 g/mol. The lowest BCUT2D eigenvalue weighted by molar-refractivity contribution is -0.132. The topological polar surface area (TPSA) is 49.8 Å². The van der Waals surface area contributed by atoms with Crippen LogP contribution in [0.25, 0.3) is 0 Å². The van der Waals surface area contributed by atoms with Gasteiger partial charge in [0.05, 0.1) is 12.7 Å². The number of carboxylic acid groups (broad SMARTS) is 1. The molecule has 0 aromatic carbocycles. The van der Waals surface area contributed by atoms with Crippen LogP contribution in [0.4, 0.5) is 0 Å². The first kappa shape index (κ1) is 11.2. The Labute approximate surface area is 84.8 Å². The van der Waals surface area contributed by atoms with E-state index >= 15 is 0 Å². The second-order valence-corrected chi connectivity index (χ2v) is 3.75. The smallest absolute Gasteiger partial charge is 0.330 e. The molecule has 0 aliphatic carbocycles. The predicted octanol–water partition coefficient (Wildman–Crippen LogP) is 2.04. The van der Waals surface area contributed by atoms with E-state index in [1.807, 2.05) is 6.08 Å². The van der Waals surface area contributed by atoms with Crippen molar-refractivity contribution in [1.82, 2.24) is 0 Å². The van der Waals surface area contributed by atoms with Crippen molar-refractivity contribution in [2.75, 3.05) is 6.61 Å². The van der Waals surface area contributed by atoms with Gasteiger partial charge in [0.15, 0.2) is 0 Å². The molecule has 2 unspecified atom stereocenters. The third-order valence-electron chi connectivity index (χ3n) is 2.37. The number of rotatable bonds is 6. The van der Waals surface area contributed by atoms with Gasteiger partial charge in [-0.2, -0.15) is 0 Å². The minimum absolute atomic E-state index is 0.302. The molecule has 0 saturated carbocycles. The SMILES string of the molecule is [CH2]CCC(C=C(C)C(=O)O)CC1CO1. The van der Waals surface area contributed by atoms with Crippen LogP contribution in [0.5, 0.6) is 0 Å². The first-order valence-corrected chi connectivity index (χ1v) is 4.96. The largest absolute Gasteiger partial charge is 0.478 e. The summed E-state index contributed by atoms with van der Waals surface area (Å²) in [4.78, 5) is 10.6. The molecule has 1 heterocycles. The second kappa shape index (κ2) is 5.15. The van der Waals surface area contributed by atoms with E-state index < -0.39 is 5.97 Å². The van der Waals surface area contributed by atoms with Gasteiger partial charge < -0.3 is 9.84 Å². The Balaban J connectivity index is 2.47. The van der Waals surface area contributed by atoms with Crippen LogP contribution in [0.1, 0.15) is 26.2 Å². The average Bonchev–Trinajstić information content (AvgIpc) is 2.88. The molecule has 3 heteroatoms. The highest BCUT2D eigenvalue weighted by Crippen LogP contribution is 2.24. The van der Waals surface area contributed by atoms with Gasteiger partial charge in [-0.05, 0) is 25.7 Å². The van der Waals surface area contributed by atoms with Crippen molar-refractivity contribution < 1.29 is 14.6 Å². The van der Waals surface area contributed by atoms with E-state index in [9.17, 15) is 4.79 Å². The standard InChI is InChI=1S/C11H17O3/c1-3-4-9(6-10-7-14-10)5-8(2)11(12)13/h5,9-10H,1,3-4,6-7H2,2H3,(H,12,13). The number of epoxide rings is 1. The maximum absolute atomic E-state index is 10.6. The summed E-state index contributed by atoms with van der Waals surface area (Å²) < 4.78 is 5.13. The third-order valence-corrected chi connectivity index (χ3v) is 2.37. The minimum atomic E-state index is -0.837. The summed E-state index contributed by atoms with van der Waals surface area (Å²) >= 11 is 0.